The molecule has 2 aromatic carbocycles. The summed E-state index contributed by atoms with van der Waals surface area (Å²) in [5.74, 6) is 0.565. The summed E-state index contributed by atoms with van der Waals surface area (Å²) >= 11 is 0. The first-order valence-corrected chi connectivity index (χ1v) is 11.4. The van der Waals surface area contributed by atoms with Crippen LogP contribution >= 0.6 is 0 Å². The first-order valence-electron chi connectivity index (χ1n) is 11.4. The second-order valence-electron chi connectivity index (χ2n) is 8.74. The molecule has 0 saturated carbocycles. The first-order chi connectivity index (χ1) is 15.7. The number of benzene rings is 2. The third-order valence-corrected chi connectivity index (χ3v) is 6.36. The average molecular weight is 435 g/mol. The van der Waals surface area contributed by atoms with Gasteiger partial charge in [0.1, 0.15) is 5.82 Å². The van der Waals surface area contributed by atoms with Gasteiger partial charge in [-0.2, -0.15) is 4.98 Å². The quantitative estimate of drug-likeness (QED) is 0.592. The minimum absolute atomic E-state index is 0.0182. The van der Waals surface area contributed by atoms with Gasteiger partial charge in [0, 0.05) is 30.8 Å². The molecule has 5 rings (SSSR count). The number of likely N-dealkylation sites (tertiary alicyclic amines) is 2. The van der Waals surface area contributed by atoms with Gasteiger partial charge in [0.05, 0.1) is 5.92 Å². The van der Waals surface area contributed by atoms with Crippen molar-refractivity contribution in [3.05, 3.63) is 71.4 Å². The van der Waals surface area contributed by atoms with E-state index < -0.39 is 0 Å². The van der Waals surface area contributed by atoms with Crippen LogP contribution in [0.1, 0.15) is 53.4 Å². The van der Waals surface area contributed by atoms with Crippen LogP contribution in [0.5, 0.6) is 0 Å². The van der Waals surface area contributed by atoms with Crippen LogP contribution in [-0.4, -0.2) is 52.0 Å². The largest absolute Gasteiger partial charge is 0.339 e. The lowest BCUT2D eigenvalue weighted by Gasteiger charge is -2.31. The van der Waals surface area contributed by atoms with Gasteiger partial charge in [0.15, 0.2) is 0 Å². The Morgan fingerprint density at radius 1 is 1.06 bits per heavy atom. The highest BCUT2D eigenvalue weighted by molar-refractivity contribution is 5.94. The molecule has 0 radical (unpaired) electrons. The molecule has 0 spiro atoms. The van der Waals surface area contributed by atoms with E-state index in [1.165, 1.54) is 30.5 Å². The summed E-state index contributed by atoms with van der Waals surface area (Å²) < 4.78 is 19.0. The Kier molecular flexibility index (Phi) is 5.99. The van der Waals surface area contributed by atoms with Gasteiger partial charge in [-0.25, -0.2) is 4.39 Å². The molecule has 2 aliphatic rings. The molecule has 7 heteroatoms. The maximum atomic E-state index is 13.5. The second-order valence-corrected chi connectivity index (χ2v) is 8.74. The highest BCUT2D eigenvalue weighted by Gasteiger charge is 2.29. The van der Waals surface area contributed by atoms with Crippen molar-refractivity contribution in [3.63, 3.8) is 0 Å². The zero-order chi connectivity index (χ0) is 21.9. The Balaban J connectivity index is 1.27. The van der Waals surface area contributed by atoms with Crippen molar-refractivity contribution < 1.29 is 13.7 Å². The van der Waals surface area contributed by atoms with E-state index in [0.717, 1.165) is 44.6 Å². The molecule has 0 N–H and O–H groups in total. The van der Waals surface area contributed by atoms with Crippen molar-refractivity contribution in [1.29, 1.82) is 0 Å². The molecule has 2 aliphatic heterocycles. The summed E-state index contributed by atoms with van der Waals surface area (Å²) in [6, 6.07) is 14.1. The number of halogens is 1. The Morgan fingerprint density at radius 3 is 2.75 bits per heavy atom. The summed E-state index contributed by atoms with van der Waals surface area (Å²) in [5, 5.41) is 4.03. The van der Waals surface area contributed by atoms with Crippen molar-refractivity contribution in [1.82, 2.24) is 19.9 Å². The molecule has 3 heterocycles. The normalized spacial score (nSPS) is 19.4. The third kappa shape index (κ3) is 4.58. The molecule has 2 saturated heterocycles. The van der Waals surface area contributed by atoms with Crippen LogP contribution in [0.3, 0.4) is 0 Å². The smallest absolute Gasteiger partial charge is 0.253 e. The van der Waals surface area contributed by atoms with Gasteiger partial charge in [0.25, 0.3) is 5.91 Å². The number of amides is 1. The summed E-state index contributed by atoms with van der Waals surface area (Å²) in [7, 11) is 0. The molecular weight excluding hydrogens is 407 g/mol. The van der Waals surface area contributed by atoms with Crippen LogP contribution in [0.15, 0.2) is 53.1 Å². The van der Waals surface area contributed by atoms with E-state index in [-0.39, 0.29) is 17.6 Å². The number of carbonyl (C=O) groups is 1. The van der Waals surface area contributed by atoms with Gasteiger partial charge in [-0.3, -0.25) is 9.69 Å². The number of hydrogen-bond acceptors (Lipinski definition) is 5. The molecule has 2 fully saturated rings. The van der Waals surface area contributed by atoms with Gasteiger partial charge in [-0.1, -0.05) is 29.4 Å². The van der Waals surface area contributed by atoms with Gasteiger partial charge >= 0.3 is 0 Å². The highest BCUT2D eigenvalue weighted by atomic mass is 19.1. The molecule has 0 aliphatic carbocycles. The monoisotopic (exact) mass is 434 g/mol. The van der Waals surface area contributed by atoms with Gasteiger partial charge in [-0.15, -0.1) is 0 Å². The van der Waals surface area contributed by atoms with Gasteiger partial charge in [-0.05, 0) is 68.6 Å². The molecule has 1 amide bonds. The second kappa shape index (κ2) is 9.20. The number of aromatic nitrogens is 2. The fourth-order valence-corrected chi connectivity index (χ4v) is 4.69. The van der Waals surface area contributed by atoms with Crippen molar-refractivity contribution >= 4 is 5.91 Å². The van der Waals surface area contributed by atoms with Crippen LogP contribution in [-0.2, 0) is 6.54 Å². The zero-order valence-corrected chi connectivity index (χ0v) is 18.0. The van der Waals surface area contributed by atoms with Crippen LogP contribution in [0.2, 0.25) is 0 Å². The first kappa shape index (κ1) is 20.8. The Morgan fingerprint density at radius 2 is 1.91 bits per heavy atom. The minimum Gasteiger partial charge on any atom is -0.339 e. The van der Waals surface area contributed by atoms with E-state index >= 15 is 0 Å². The molecule has 1 aromatic heterocycles. The Hall–Kier alpha value is -3.06. The van der Waals surface area contributed by atoms with Crippen LogP contribution in [0.4, 0.5) is 4.39 Å². The molecule has 1 unspecified atom stereocenters. The SMILES string of the molecule is O=C(c1cccc(CN2CCCC2)c1)N1CCCC(c2nc(-c3cccc(F)c3)no2)C1. The van der Waals surface area contributed by atoms with Crippen LogP contribution in [0.25, 0.3) is 11.4 Å². The lowest BCUT2D eigenvalue weighted by atomic mass is 9.97. The van der Waals surface area contributed by atoms with Gasteiger partial charge < -0.3 is 9.42 Å². The zero-order valence-electron chi connectivity index (χ0n) is 18.0. The summed E-state index contributed by atoms with van der Waals surface area (Å²) in [4.78, 5) is 22.1. The van der Waals surface area contributed by atoms with E-state index in [2.05, 4.69) is 21.1 Å². The number of rotatable bonds is 5. The summed E-state index contributed by atoms with van der Waals surface area (Å²) in [6.45, 7) is 4.42. The number of hydrogen-bond donors (Lipinski definition) is 0. The van der Waals surface area contributed by atoms with E-state index in [9.17, 15) is 9.18 Å². The molecule has 166 valence electrons. The Labute approximate surface area is 187 Å². The van der Waals surface area contributed by atoms with Crippen molar-refractivity contribution in [2.24, 2.45) is 0 Å². The van der Waals surface area contributed by atoms with Crippen molar-refractivity contribution in [3.8, 4) is 11.4 Å². The maximum Gasteiger partial charge on any atom is 0.253 e. The highest BCUT2D eigenvalue weighted by Crippen LogP contribution is 2.28. The summed E-state index contributed by atoms with van der Waals surface area (Å²) in [5.41, 5.74) is 2.50. The maximum absolute atomic E-state index is 13.5. The molecule has 3 aromatic rings. The number of carbonyl (C=O) groups excluding carboxylic acids is 1. The molecule has 1 atom stereocenters. The number of nitrogens with zero attached hydrogens (tertiary/aromatic N) is 4. The van der Waals surface area contributed by atoms with Crippen molar-refractivity contribution in [2.45, 2.75) is 38.1 Å². The van der Waals surface area contributed by atoms with E-state index in [1.807, 2.05) is 23.1 Å². The van der Waals surface area contributed by atoms with Crippen LogP contribution < -0.4 is 0 Å². The van der Waals surface area contributed by atoms with E-state index in [0.29, 0.717) is 23.8 Å². The summed E-state index contributed by atoms with van der Waals surface area (Å²) in [6.07, 6.45) is 4.26. The van der Waals surface area contributed by atoms with E-state index in [4.69, 9.17) is 4.52 Å². The number of piperidine rings is 1. The molecule has 6 nitrogen and oxygen atoms in total. The molecule has 0 bridgehead atoms. The minimum atomic E-state index is -0.338. The topological polar surface area (TPSA) is 62.5 Å². The Bertz CT molecular complexity index is 1090. The third-order valence-electron chi connectivity index (χ3n) is 6.36. The lowest BCUT2D eigenvalue weighted by molar-refractivity contribution is 0.0695. The predicted molar refractivity (Wildman–Crippen MR) is 119 cm³/mol. The lowest BCUT2D eigenvalue weighted by Crippen LogP contribution is -2.39. The molecule has 32 heavy (non-hydrogen) atoms. The fourth-order valence-electron chi connectivity index (χ4n) is 4.69. The van der Waals surface area contributed by atoms with E-state index in [1.54, 1.807) is 12.1 Å². The predicted octanol–water partition coefficient (Wildman–Crippen LogP) is 4.49. The van der Waals surface area contributed by atoms with Gasteiger partial charge in [0.2, 0.25) is 11.7 Å². The van der Waals surface area contributed by atoms with Crippen LogP contribution in [0, 0.1) is 5.82 Å². The standard InChI is InChI=1S/C25H27FN4O2/c26-22-10-4-7-19(15-22)23-27-24(32-28-23)21-9-5-13-30(17-21)25(31)20-8-3-6-18(14-20)16-29-11-1-2-12-29/h3-4,6-8,10,14-15,21H,1-2,5,9,11-13,16-17H2. The fraction of sp³-hybridized carbons (Fsp3) is 0.400. The molecular formula is C25H27FN4O2. The van der Waals surface area contributed by atoms with Crippen molar-refractivity contribution in [2.75, 3.05) is 26.2 Å². The average Bonchev–Trinajstić information content (AvgIpc) is 3.51.